The Hall–Kier alpha value is -2.66. The molecule has 2 heterocycles. The molecule has 5 heteroatoms. The minimum absolute atomic E-state index is 0.0696. The van der Waals surface area contributed by atoms with Crippen LogP contribution in [0.25, 0.3) is 0 Å². The normalized spacial score (nSPS) is 24.2. The number of piperidine rings is 1. The Balaban J connectivity index is 1.50. The Bertz CT molecular complexity index is 958. The monoisotopic (exact) mass is 408 g/mol. The average Bonchev–Trinajstić information content (AvgIpc) is 2.99. The van der Waals surface area contributed by atoms with E-state index in [4.69, 9.17) is 4.74 Å². The third kappa shape index (κ3) is 4.12. The molecule has 1 amide bonds. The van der Waals surface area contributed by atoms with Crippen LogP contribution in [0.2, 0.25) is 0 Å². The van der Waals surface area contributed by atoms with Gasteiger partial charge in [-0.1, -0.05) is 24.3 Å². The van der Waals surface area contributed by atoms with Gasteiger partial charge in [0.1, 0.15) is 11.6 Å². The van der Waals surface area contributed by atoms with E-state index < -0.39 is 0 Å². The van der Waals surface area contributed by atoms with Crippen molar-refractivity contribution in [3.63, 3.8) is 0 Å². The van der Waals surface area contributed by atoms with Gasteiger partial charge in [-0.05, 0) is 69.5 Å². The van der Waals surface area contributed by atoms with Crippen molar-refractivity contribution < 1.29 is 13.9 Å². The molecule has 0 radical (unpaired) electrons. The van der Waals surface area contributed by atoms with Gasteiger partial charge < -0.3 is 4.74 Å². The van der Waals surface area contributed by atoms with E-state index in [0.717, 1.165) is 31.7 Å². The number of carbonyl (C=O) groups is 1. The number of benzene rings is 2. The number of rotatable bonds is 5. The second-order valence-electron chi connectivity index (χ2n) is 8.68. The minimum Gasteiger partial charge on any atom is -0.491 e. The van der Waals surface area contributed by atoms with Crippen LogP contribution in [-0.4, -0.2) is 35.0 Å². The van der Waals surface area contributed by atoms with Crippen molar-refractivity contribution in [1.82, 2.24) is 4.90 Å². The maximum absolute atomic E-state index is 13.8. The van der Waals surface area contributed by atoms with E-state index in [2.05, 4.69) is 24.0 Å². The van der Waals surface area contributed by atoms with Gasteiger partial charge in [0.25, 0.3) is 5.91 Å². The number of hydrogen-bond donors (Lipinski definition) is 0. The predicted molar refractivity (Wildman–Crippen MR) is 117 cm³/mol. The largest absolute Gasteiger partial charge is 0.491 e. The SMILES string of the molecule is CC(C)Oc1cccc(CN2CC[C@@]3(C=CC(=O)N3c3cccc(F)c3)C[C@H]2C)c1. The molecule has 2 aromatic rings. The third-order valence-corrected chi connectivity index (χ3v) is 6.03. The van der Waals surface area contributed by atoms with Crippen LogP contribution in [-0.2, 0) is 11.3 Å². The zero-order chi connectivity index (χ0) is 21.3. The van der Waals surface area contributed by atoms with Crippen LogP contribution >= 0.6 is 0 Å². The van der Waals surface area contributed by atoms with Crippen LogP contribution in [0, 0.1) is 5.82 Å². The lowest BCUT2D eigenvalue weighted by Crippen LogP contribution is -2.56. The van der Waals surface area contributed by atoms with Crippen molar-refractivity contribution >= 4 is 11.6 Å². The van der Waals surface area contributed by atoms with Gasteiger partial charge in [-0.2, -0.15) is 0 Å². The molecular formula is C25H29FN2O2. The molecule has 0 saturated carbocycles. The molecule has 0 aromatic heterocycles. The predicted octanol–water partition coefficient (Wildman–Crippen LogP) is 4.94. The number of anilines is 1. The highest BCUT2D eigenvalue weighted by Gasteiger charge is 2.46. The fourth-order valence-electron chi connectivity index (χ4n) is 4.71. The van der Waals surface area contributed by atoms with E-state index in [1.165, 1.54) is 17.7 Å². The first-order valence-electron chi connectivity index (χ1n) is 10.6. The summed E-state index contributed by atoms with van der Waals surface area (Å²) in [5, 5.41) is 0. The molecule has 0 unspecified atom stereocenters. The Kier molecular flexibility index (Phi) is 5.65. The van der Waals surface area contributed by atoms with E-state index >= 15 is 0 Å². The number of ether oxygens (including phenoxy) is 1. The molecule has 2 aliphatic rings. The topological polar surface area (TPSA) is 32.8 Å². The summed E-state index contributed by atoms with van der Waals surface area (Å²) in [6.07, 6.45) is 5.44. The lowest BCUT2D eigenvalue weighted by molar-refractivity contribution is -0.114. The zero-order valence-corrected chi connectivity index (χ0v) is 17.8. The summed E-state index contributed by atoms with van der Waals surface area (Å²) in [6, 6.07) is 14.9. The Morgan fingerprint density at radius 3 is 2.73 bits per heavy atom. The molecule has 158 valence electrons. The molecule has 30 heavy (non-hydrogen) atoms. The average molecular weight is 409 g/mol. The summed E-state index contributed by atoms with van der Waals surface area (Å²) in [7, 11) is 0. The second-order valence-corrected chi connectivity index (χ2v) is 8.68. The summed E-state index contributed by atoms with van der Waals surface area (Å²) < 4.78 is 19.6. The highest BCUT2D eigenvalue weighted by Crippen LogP contribution is 2.41. The van der Waals surface area contributed by atoms with Gasteiger partial charge in [0, 0.05) is 30.9 Å². The van der Waals surface area contributed by atoms with Gasteiger partial charge in [0.15, 0.2) is 0 Å². The number of amides is 1. The maximum Gasteiger partial charge on any atom is 0.251 e. The zero-order valence-electron chi connectivity index (χ0n) is 17.8. The third-order valence-electron chi connectivity index (χ3n) is 6.03. The molecule has 1 fully saturated rings. The summed E-state index contributed by atoms with van der Waals surface area (Å²) in [5.74, 6) is 0.501. The smallest absolute Gasteiger partial charge is 0.251 e. The van der Waals surface area contributed by atoms with E-state index in [1.54, 1.807) is 17.0 Å². The Morgan fingerprint density at radius 2 is 2.00 bits per heavy atom. The van der Waals surface area contributed by atoms with Crippen molar-refractivity contribution in [1.29, 1.82) is 0 Å². The first-order chi connectivity index (χ1) is 14.4. The van der Waals surface area contributed by atoms with E-state index in [9.17, 15) is 9.18 Å². The van der Waals surface area contributed by atoms with Gasteiger partial charge in [-0.25, -0.2) is 4.39 Å². The molecular weight excluding hydrogens is 379 g/mol. The standard InChI is InChI=1S/C25H29FN2O2/c1-18(2)30-23-9-4-6-20(14-23)17-27-13-12-25(16-19(27)3)11-10-24(29)28(25)22-8-5-7-21(26)15-22/h4-11,14-15,18-19H,12-13,16-17H2,1-3H3/t19-,25+/m1/s1. The first-order valence-corrected chi connectivity index (χ1v) is 10.6. The van der Waals surface area contributed by atoms with Gasteiger partial charge in [-0.15, -0.1) is 0 Å². The summed E-state index contributed by atoms with van der Waals surface area (Å²) >= 11 is 0. The summed E-state index contributed by atoms with van der Waals surface area (Å²) in [6.45, 7) is 7.96. The van der Waals surface area contributed by atoms with Crippen LogP contribution in [0.15, 0.2) is 60.7 Å². The van der Waals surface area contributed by atoms with Gasteiger partial charge in [-0.3, -0.25) is 14.6 Å². The van der Waals surface area contributed by atoms with Gasteiger partial charge in [0.05, 0.1) is 11.6 Å². The lowest BCUT2D eigenvalue weighted by atomic mass is 9.82. The van der Waals surface area contributed by atoms with Crippen LogP contribution in [0.4, 0.5) is 10.1 Å². The van der Waals surface area contributed by atoms with Crippen molar-refractivity contribution in [2.45, 2.75) is 57.8 Å². The van der Waals surface area contributed by atoms with Crippen LogP contribution < -0.4 is 9.64 Å². The van der Waals surface area contributed by atoms with Crippen LogP contribution in [0.5, 0.6) is 5.75 Å². The fraction of sp³-hybridized carbons (Fsp3) is 0.400. The number of nitrogens with zero attached hydrogens (tertiary/aromatic N) is 2. The molecule has 2 atom stereocenters. The van der Waals surface area contributed by atoms with Crippen molar-refractivity contribution in [2.75, 3.05) is 11.4 Å². The molecule has 2 aromatic carbocycles. The highest BCUT2D eigenvalue weighted by atomic mass is 19.1. The molecule has 1 saturated heterocycles. The number of likely N-dealkylation sites (tertiary alicyclic amines) is 1. The number of halogens is 1. The van der Waals surface area contributed by atoms with Gasteiger partial charge >= 0.3 is 0 Å². The van der Waals surface area contributed by atoms with Crippen LogP contribution in [0.3, 0.4) is 0 Å². The highest BCUT2D eigenvalue weighted by molar-refractivity contribution is 6.06. The lowest BCUT2D eigenvalue weighted by Gasteiger charge is -2.47. The number of hydrogen-bond acceptors (Lipinski definition) is 3. The molecule has 2 aliphatic heterocycles. The Labute approximate surface area is 177 Å². The molecule has 1 spiro atoms. The van der Waals surface area contributed by atoms with Crippen molar-refractivity contribution in [3.8, 4) is 5.75 Å². The maximum atomic E-state index is 13.8. The summed E-state index contributed by atoms with van der Waals surface area (Å²) in [5.41, 5.74) is 1.46. The molecule has 4 rings (SSSR count). The minimum atomic E-state index is -0.386. The quantitative estimate of drug-likeness (QED) is 0.703. The molecule has 0 aliphatic carbocycles. The molecule has 0 N–H and O–H groups in total. The summed E-state index contributed by atoms with van der Waals surface area (Å²) in [4.78, 5) is 16.9. The van der Waals surface area contributed by atoms with Crippen LogP contribution in [0.1, 0.15) is 39.2 Å². The van der Waals surface area contributed by atoms with Crippen molar-refractivity contribution in [3.05, 3.63) is 72.1 Å². The second kappa shape index (κ2) is 8.23. The number of carbonyl (C=O) groups excluding carboxylic acids is 1. The van der Waals surface area contributed by atoms with Crippen molar-refractivity contribution in [2.24, 2.45) is 0 Å². The molecule has 0 bridgehead atoms. The Morgan fingerprint density at radius 1 is 1.20 bits per heavy atom. The van der Waals surface area contributed by atoms with E-state index in [-0.39, 0.29) is 29.4 Å². The fourth-order valence-corrected chi connectivity index (χ4v) is 4.71. The van der Waals surface area contributed by atoms with E-state index in [1.807, 2.05) is 38.1 Å². The van der Waals surface area contributed by atoms with Gasteiger partial charge in [0.2, 0.25) is 0 Å². The van der Waals surface area contributed by atoms with E-state index in [0.29, 0.717) is 5.69 Å². The first kappa shape index (κ1) is 20.6. The molecule has 4 nitrogen and oxygen atoms in total.